The quantitative estimate of drug-likeness (QED) is 0.568. The molecule has 6 nitrogen and oxygen atoms in total. The fourth-order valence-electron chi connectivity index (χ4n) is 2.33. The van der Waals surface area contributed by atoms with Crippen LogP contribution in [-0.2, 0) is 4.74 Å². The lowest BCUT2D eigenvalue weighted by atomic mass is 10.1. The first-order valence-corrected chi connectivity index (χ1v) is 7.26. The summed E-state index contributed by atoms with van der Waals surface area (Å²) in [5.41, 5.74) is 14.6. The Hall–Kier alpha value is -3.41. The average molecular weight is 320 g/mol. The van der Waals surface area contributed by atoms with Gasteiger partial charge in [-0.3, -0.25) is 0 Å². The van der Waals surface area contributed by atoms with Gasteiger partial charge >= 0.3 is 5.97 Å². The van der Waals surface area contributed by atoms with Crippen molar-refractivity contribution in [3.8, 4) is 0 Å². The highest BCUT2D eigenvalue weighted by molar-refractivity contribution is 5.92. The molecule has 1 heterocycles. The predicted octanol–water partition coefficient (Wildman–Crippen LogP) is 2.75. The summed E-state index contributed by atoms with van der Waals surface area (Å²) in [6, 6.07) is 12.8. The molecule has 0 aliphatic carbocycles. The number of nitrogens with two attached hydrogens (primary N) is 2. The number of nitrogen functional groups attached to an aromatic ring is 2. The van der Waals surface area contributed by atoms with Gasteiger partial charge in [0.15, 0.2) is 0 Å². The number of nitrogens with zero attached hydrogens (tertiary/aromatic N) is 2. The van der Waals surface area contributed by atoms with Crippen molar-refractivity contribution < 1.29 is 9.53 Å². The van der Waals surface area contributed by atoms with Crippen LogP contribution in [0.15, 0.2) is 42.5 Å². The maximum absolute atomic E-state index is 11.4. The Balaban J connectivity index is 1.86. The molecule has 4 N–H and O–H groups in total. The molecule has 120 valence electrons. The van der Waals surface area contributed by atoms with Crippen LogP contribution in [0, 0.1) is 0 Å². The van der Waals surface area contributed by atoms with Crippen LogP contribution in [0.2, 0.25) is 0 Å². The molecule has 6 heteroatoms. The second-order valence-electron chi connectivity index (χ2n) is 5.19. The predicted molar refractivity (Wildman–Crippen MR) is 95.1 cm³/mol. The van der Waals surface area contributed by atoms with Gasteiger partial charge in [0.05, 0.1) is 18.2 Å². The number of fused-ring (bicyclic) bond motifs is 1. The van der Waals surface area contributed by atoms with Gasteiger partial charge in [0.1, 0.15) is 5.82 Å². The molecule has 0 aliphatic rings. The Bertz CT molecular complexity index is 934. The van der Waals surface area contributed by atoms with E-state index in [-0.39, 0.29) is 11.9 Å². The normalized spacial score (nSPS) is 11.0. The monoisotopic (exact) mass is 320 g/mol. The summed E-state index contributed by atoms with van der Waals surface area (Å²) in [4.78, 5) is 19.5. The minimum atomic E-state index is -0.352. The Labute approximate surface area is 138 Å². The molecular weight excluding hydrogens is 304 g/mol. The summed E-state index contributed by atoms with van der Waals surface area (Å²) in [7, 11) is 1.36. The van der Waals surface area contributed by atoms with Crippen LogP contribution < -0.4 is 11.5 Å². The third-order valence-electron chi connectivity index (χ3n) is 3.57. The molecule has 3 rings (SSSR count). The number of hydrogen-bond acceptors (Lipinski definition) is 6. The lowest BCUT2D eigenvalue weighted by Gasteiger charge is -2.03. The van der Waals surface area contributed by atoms with E-state index in [1.54, 1.807) is 12.1 Å². The van der Waals surface area contributed by atoms with E-state index < -0.39 is 0 Å². The zero-order valence-electron chi connectivity index (χ0n) is 13.1. The van der Waals surface area contributed by atoms with Gasteiger partial charge in [-0.1, -0.05) is 30.4 Å². The number of carbonyl (C=O) groups excluding carboxylic acids is 1. The number of esters is 1. The molecule has 0 saturated carbocycles. The van der Waals surface area contributed by atoms with E-state index in [9.17, 15) is 4.79 Å². The minimum absolute atomic E-state index is 0.161. The minimum Gasteiger partial charge on any atom is -0.465 e. The van der Waals surface area contributed by atoms with E-state index in [1.165, 1.54) is 7.11 Å². The summed E-state index contributed by atoms with van der Waals surface area (Å²) in [6.07, 6.45) is 3.89. The first kappa shape index (κ1) is 15.5. The number of methoxy groups -OCH3 is 1. The van der Waals surface area contributed by atoms with Crippen LogP contribution in [0.4, 0.5) is 11.8 Å². The third kappa shape index (κ3) is 3.17. The highest BCUT2D eigenvalue weighted by atomic mass is 16.5. The molecule has 0 saturated heterocycles. The van der Waals surface area contributed by atoms with Crippen LogP contribution in [0.1, 0.15) is 21.5 Å². The molecule has 0 bridgehead atoms. The Kier molecular flexibility index (Phi) is 4.11. The molecule has 2 aromatic carbocycles. The van der Waals surface area contributed by atoms with Crippen molar-refractivity contribution in [2.75, 3.05) is 18.6 Å². The Morgan fingerprint density at radius 2 is 1.67 bits per heavy atom. The van der Waals surface area contributed by atoms with Gasteiger partial charge < -0.3 is 16.2 Å². The van der Waals surface area contributed by atoms with Crippen molar-refractivity contribution in [3.05, 3.63) is 59.2 Å². The molecular formula is C18H16N4O2. The largest absolute Gasteiger partial charge is 0.465 e. The molecule has 0 amide bonds. The molecule has 0 aliphatic heterocycles. The van der Waals surface area contributed by atoms with Crippen LogP contribution in [-0.4, -0.2) is 23.0 Å². The highest BCUT2D eigenvalue weighted by Gasteiger charge is 2.04. The van der Waals surface area contributed by atoms with Crippen molar-refractivity contribution in [3.63, 3.8) is 0 Å². The average Bonchev–Trinajstić information content (AvgIpc) is 2.60. The fraction of sp³-hybridized carbons (Fsp3) is 0.0556. The third-order valence-corrected chi connectivity index (χ3v) is 3.57. The summed E-state index contributed by atoms with van der Waals surface area (Å²) in [6.45, 7) is 0. The number of aromatic nitrogens is 2. The first-order chi connectivity index (χ1) is 11.6. The fourth-order valence-corrected chi connectivity index (χ4v) is 2.33. The van der Waals surface area contributed by atoms with E-state index in [0.29, 0.717) is 16.9 Å². The lowest BCUT2D eigenvalue weighted by Crippen LogP contribution is -2.00. The number of ether oxygens (including phenoxy) is 1. The van der Waals surface area contributed by atoms with Crippen molar-refractivity contribution in [1.29, 1.82) is 0 Å². The van der Waals surface area contributed by atoms with Crippen LogP contribution >= 0.6 is 0 Å². The van der Waals surface area contributed by atoms with Gasteiger partial charge in [-0.2, -0.15) is 4.98 Å². The maximum atomic E-state index is 11.4. The number of hydrogen-bond donors (Lipinski definition) is 2. The van der Waals surface area contributed by atoms with Gasteiger partial charge in [-0.05, 0) is 35.4 Å². The molecule has 0 spiro atoms. The number of anilines is 2. The second kappa shape index (κ2) is 6.37. The summed E-state index contributed by atoms with van der Waals surface area (Å²) in [5, 5.41) is 0.757. The highest BCUT2D eigenvalue weighted by Crippen LogP contribution is 2.21. The van der Waals surface area contributed by atoms with Crippen molar-refractivity contribution >= 4 is 40.8 Å². The van der Waals surface area contributed by atoms with Crippen LogP contribution in [0.25, 0.3) is 23.1 Å². The van der Waals surface area contributed by atoms with Gasteiger partial charge in [0, 0.05) is 5.39 Å². The standard InChI is InChI=1S/C18H16N4O2/c1-24-17(23)13-7-4-11(5-8-13)2-3-12-6-9-15-14(10-12)16(19)22-18(20)21-15/h2-10H,1H3,(H4,19,20,21,22)/b3-2+. The molecule has 0 fully saturated rings. The summed E-state index contributed by atoms with van der Waals surface area (Å²) >= 11 is 0. The lowest BCUT2D eigenvalue weighted by molar-refractivity contribution is 0.0600. The van der Waals surface area contributed by atoms with Gasteiger partial charge in [0.2, 0.25) is 5.95 Å². The van der Waals surface area contributed by atoms with Crippen molar-refractivity contribution in [2.45, 2.75) is 0 Å². The smallest absolute Gasteiger partial charge is 0.337 e. The molecule has 3 aromatic rings. The molecule has 1 aromatic heterocycles. The maximum Gasteiger partial charge on any atom is 0.337 e. The topological polar surface area (TPSA) is 104 Å². The van der Waals surface area contributed by atoms with E-state index in [0.717, 1.165) is 16.5 Å². The SMILES string of the molecule is COC(=O)c1ccc(/C=C/c2ccc3nc(N)nc(N)c3c2)cc1. The second-order valence-corrected chi connectivity index (χ2v) is 5.19. The Morgan fingerprint density at radius 1 is 1.00 bits per heavy atom. The molecule has 0 unspecified atom stereocenters. The first-order valence-electron chi connectivity index (χ1n) is 7.26. The molecule has 0 atom stereocenters. The van der Waals surface area contributed by atoms with E-state index in [1.807, 2.05) is 42.5 Å². The van der Waals surface area contributed by atoms with Gasteiger partial charge in [-0.25, -0.2) is 9.78 Å². The van der Waals surface area contributed by atoms with Crippen molar-refractivity contribution in [1.82, 2.24) is 9.97 Å². The number of rotatable bonds is 3. The van der Waals surface area contributed by atoms with Gasteiger partial charge in [0.25, 0.3) is 0 Å². The van der Waals surface area contributed by atoms with Gasteiger partial charge in [-0.15, -0.1) is 0 Å². The number of benzene rings is 2. The van der Waals surface area contributed by atoms with Crippen molar-refractivity contribution in [2.24, 2.45) is 0 Å². The van der Waals surface area contributed by atoms with E-state index in [4.69, 9.17) is 11.5 Å². The summed E-state index contributed by atoms with van der Waals surface area (Å²) < 4.78 is 4.68. The van der Waals surface area contributed by atoms with E-state index in [2.05, 4.69) is 14.7 Å². The Morgan fingerprint density at radius 3 is 2.38 bits per heavy atom. The van der Waals surface area contributed by atoms with E-state index >= 15 is 0 Å². The zero-order chi connectivity index (χ0) is 17.1. The number of carbonyl (C=O) groups is 1. The molecule has 0 radical (unpaired) electrons. The summed E-state index contributed by atoms with van der Waals surface area (Å²) in [5.74, 6) is 0.166. The zero-order valence-corrected chi connectivity index (χ0v) is 13.1. The molecule has 24 heavy (non-hydrogen) atoms. The van der Waals surface area contributed by atoms with Crippen LogP contribution in [0.5, 0.6) is 0 Å². The van der Waals surface area contributed by atoms with Crippen LogP contribution in [0.3, 0.4) is 0 Å².